The highest BCUT2D eigenvalue weighted by molar-refractivity contribution is 7.92. The zero-order valence-corrected chi connectivity index (χ0v) is 12.4. The zero-order valence-electron chi connectivity index (χ0n) is 11.6. The molecule has 0 fully saturated rings. The molecule has 4 nitrogen and oxygen atoms in total. The highest BCUT2D eigenvalue weighted by Crippen LogP contribution is 2.21. The first kappa shape index (κ1) is 13.7. The molecule has 3 rings (SSSR count). The van der Waals surface area contributed by atoms with E-state index in [0.29, 0.717) is 5.69 Å². The van der Waals surface area contributed by atoms with Crippen molar-refractivity contribution < 1.29 is 8.42 Å². The highest BCUT2D eigenvalue weighted by Gasteiger charge is 2.14. The lowest BCUT2D eigenvalue weighted by Gasteiger charge is -2.08. The second-order valence-corrected chi connectivity index (χ2v) is 6.57. The van der Waals surface area contributed by atoms with Crippen molar-refractivity contribution in [2.75, 3.05) is 4.72 Å². The molecule has 21 heavy (non-hydrogen) atoms. The van der Waals surface area contributed by atoms with Gasteiger partial charge in [0.25, 0.3) is 10.0 Å². The first-order chi connectivity index (χ1) is 10.1. The van der Waals surface area contributed by atoms with Crippen molar-refractivity contribution in [2.24, 2.45) is 0 Å². The number of hydrogen-bond donors (Lipinski definition) is 2. The normalized spacial score (nSPS) is 11.7. The number of aromatic amines is 1. The molecule has 0 atom stereocenters. The molecule has 0 bridgehead atoms. The van der Waals surface area contributed by atoms with Crippen molar-refractivity contribution >= 4 is 26.6 Å². The van der Waals surface area contributed by atoms with Gasteiger partial charge in [-0.05, 0) is 48.4 Å². The maximum Gasteiger partial charge on any atom is 0.261 e. The Hall–Kier alpha value is -2.27. The van der Waals surface area contributed by atoms with Gasteiger partial charge >= 0.3 is 0 Å². The number of rotatable bonds is 4. The fraction of sp³-hybridized carbons (Fsp3) is 0.125. The lowest BCUT2D eigenvalue weighted by atomic mass is 10.2. The van der Waals surface area contributed by atoms with Crippen molar-refractivity contribution in [2.45, 2.75) is 18.2 Å². The smallest absolute Gasteiger partial charge is 0.261 e. The Morgan fingerprint density at radius 2 is 1.81 bits per heavy atom. The van der Waals surface area contributed by atoms with E-state index in [1.165, 1.54) is 0 Å². The van der Waals surface area contributed by atoms with Gasteiger partial charge in [0.2, 0.25) is 0 Å². The predicted molar refractivity (Wildman–Crippen MR) is 84.9 cm³/mol. The summed E-state index contributed by atoms with van der Waals surface area (Å²) in [6.07, 6.45) is 2.71. The molecule has 0 aliphatic carbocycles. The SMILES string of the molecule is CCc1ccc(S(=O)(=O)Nc2ccc3[nH]ccc3c2)cc1. The van der Waals surface area contributed by atoms with Crippen LogP contribution in [-0.4, -0.2) is 13.4 Å². The number of aryl methyl sites for hydroxylation is 1. The summed E-state index contributed by atoms with van der Waals surface area (Å²) in [6, 6.07) is 14.3. The molecule has 0 radical (unpaired) electrons. The maximum atomic E-state index is 12.4. The largest absolute Gasteiger partial charge is 0.361 e. The molecule has 1 aromatic heterocycles. The van der Waals surface area contributed by atoms with E-state index in [0.717, 1.165) is 22.9 Å². The molecule has 0 unspecified atom stereocenters. The number of sulfonamides is 1. The summed E-state index contributed by atoms with van der Waals surface area (Å²) in [4.78, 5) is 3.35. The van der Waals surface area contributed by atoms with E-state index in [1.54, 1.807) is 18.2 Å². The number of nitrogens with one attached hydrogen (secondary N) is 2. The van der Waals surface area contributed by atoms with Crippen LogP contribution in [0.15, 0.2) is 59.6 Å². The summed E-state index contributed by atoms with van der Waals surface area (Å²) in [6.45, 7) is 2.04. The minimum Gasteiger partial charge on any atom is -0.361 e. The topological polar surface area (TPSA) is 62.0 Å². The van der Waals surface area contributed by atoms with Gasteiger partial charge in [0.05, 0.1) is 4.90 Å². The minimum atomic E-state index is -3.55. The molecule has 0 spiro atoms. The standard InChI is InChI=1S/C16H16N2O2S/c1-2-12-3-6-15(7-4-12)21(19,20)18-14-5-8-16-13(11-14)9-10-17-16/h3-11,17-18H,2H2,1H3. The van der Waals surface area contributed by atoms with Gasteiger partial charge in [-0.3, -0.25) is 4.72 Å². The van der Waals surface area contributed by atoms with E-state index in [-0.39, 0.29) is 4.90 Å². The fourth-order valence-corrected chi connectivity index (χ4v) is 3.28. The molecule has 108 valence electrons. The van der Waals surface area contributed by atoms with Crippen LogP contribution in [0.25, 0.3) is 10.9 Å². The third-order valence-electron chi connectivity index (χ3n) is 3.45. The molecular weight excluding hydrogens is 284 g/mol. The minimum absolute atomic E-state index is 0.272. The molecule has 0 amide bonds. The van der Waals surface area contributed by atoms with E-state index in [2.05, 4.69) is 9.71 Å². The van der Waals surface area contributed by atoms with Crippen molar-refractivity contribution in [1.29, 1.82) is 0 Å². The van der Waals surface area contributed by atoms with Gasteiger partial charge in [-0.1, -0.05) is 19.1 Å². The molecule has 3 aromatic rings. The Bertz CT molecular complexity index is 865. The van der Waals surface area contributed by atoms with Gasteiger partial charge in [-0.25, -0.2) is 8.42 Å². The molecule has 2 N–H and O–H groups in total. The van der Waals surface area contributed by atoms with Gasteiger partial charge < -0.3 is 4.98 Å². The van der Waals surface area contributed by atoms with Crippen LogP contribution >= 0.6 is 0 Å². The zero-order chi connectivity index (χ0) is 14.9. The Labute approximate surface area is 123 Å². The van der Waals surface area contributed by atoms with Crippen LogP contribution in [0.4, 0.5) is 5.69 Å². The molecular formula is C16H16N2O2S. The van der Waals surface area contributed by atoms with Crippen LogP contribution in [0.5, 0.6) is 0 Å². The second kappa shape index (κ2) is 5.26. The van der Waals surface area contributed by atoms with Crippen molar-refractivity contribution in [3.63, 3.8) is 0 Å². The molecule has 0 saturated heterocycles. The van der Waals surface area contributed by atoms with E-state index >= 15 is 0 Å². The molecule has 0 saturated carbocycles. The van der Waals surface area contributed by atoms with Crippen molar-refractivity contribution in [3.05, 3.63) is 60.3 Å². The third kappa shape index (κ3) is 2.78. The fourth-order valence-electron chi connectivity index (χ4n) is 2.24. The third-order valence-corrected chi connectivity index (χ3v) is 4.84. The highest BCUT2D eigenvalue weighted by atomic mass is 32.2. The summed E-state index contributed by atoms with van der Waals surface area (Å²) in [5.41, 5.74) is 2.65. The Morgan fingerprint density at radius 3 is 2.52 bits per heavy atom. The van der Waals surface area contributed by atoms with E-state index in [4.69, 9.17) is 0 Å². The van der Waals surface area contributed by atoms with Gasteiger partial charge in [0.1, 0.15) is 0 Å². The summed E-state index contributed by atoms with van der Waals surface area (Å²) in [7, 11) is -3.55. The predicted octanol–water partition coefficient (Wildman–Crippen LogP) is 3.53. The van der Waals surface area contributed by atoms with E-state index in [9.17, 15) is 8.42 Å². The Balaban J connectivity index is 1.90. The summed E-state index contributed by atoms with van der Waals surface area (Å²) >= 11 is 0. The summed E-state index contributed by atoms with van der Waals surface area (Å²) < 4.78 is 27.3. The van der Waals surface area contributed by atoms with Crippen LogP contribution in [0.2, 0.25) is 0 Å². The van der Waals surface area contributed by atoms with Gasteiger partial charge in [-0.15, -0.1) is 0 Å². The number of hydrogen-bond acceptors (Lipinski definition) is 2. The molecule has 0 aliphatic rings. The molecule has 0 aliphatic heterocycles. The van der Waals surface area contributed by atoms with Gasteiger partial charge in [0, 0.05) is 22.8 Å². The molecule has 2 aromatic carbocycles. The van der Waals surface area contributed by atoms with Crippen LogP contribution in [0.1, 0.15) is 12.5 Å². The van der Waals surface area contributed by atoms with Crippen LogP contribution in [0.3, 0.4) is 0 Å². The first-order valence-corrected chi connectivity index (χ1v) is 8.26. The van der Waals surface area contributed by atoms with Crippen LogP contribution in [0, 0.1) is 0 Å². The van der Waals surface area contributed by atoms with E-state index < -0.39 is 10.0 Å². The Kier molecular flexibility index (Phi) is 3.43. The first-order valence-electron chi connectivity index (χ1n) is 6.77. The van der Waals surface area contributed by atoms with Gasteiger partial charge in [0.15, 0.2) is 0 Å². The number of anilines is 1. The average molecular weight is 300 g/mol. The van der Waals surface area contributed by atoms with Crippen LogP contribution < -0.4 is 4.72 Å². The Morgan fingerprint density at radius 1 is 1.05 bits per heavy atom. The number of H-pyrrole nitrogens is 1. The van der Waals surface area contributed by atoms with Crippen molar-refractivity contribution in [1.82, 2.24) is 4.98 Å². The number of aromatic nitrogens is 1. The summed E-state index contributed by atoms with van der Waals surface area (Å²) in [5.74, 6) is 0. The van der Waals surface area contributed by atoms with Crippen molar-refractivity contribution in [3.8, 4) is 0 Å². The molecule has 5 heteroatoms. The monoisotopic (exact) mass is 300 g/mol. The maximum absolute atomic E-state index is 12.4. The van der Waals surface area contributed by atoms with Crippen LogP contribution in [-0.2, 0) is 16.4 Å². The summed E-state index contributed by atoms with van der Waals surface area (Å²) in [5, 5.41) is 0.969. The lowest BCUT2D eigenvalue weighted by Crippen LogP contribution is -2.12. The second-order valence-electron chi connectivity index (χ2n) is 4.88. The van der Waals surface area contributed by atoms with E-state index in [1.807, 2.05) is 43.5 Å². The molecule has 1 heterocycles. The lowest BCUT2D eigenvalue weighted by molar-refractivity contribution is 0.601. The van der Waals surface area contributed by atoms with Gasteiger partial charge in [-0.2, -0.15) is 0 Å². The number of fused-ring (bicyclic) bond motifs is 1. The average Bonchev–Trinajstić information content (AvgIpc) is 2.94. The quantitative estimate of drug-likeness (QED) is 0.774. The number of benzene rings is 2.